The molecule has 0 N–H and O–H groups in total. The molecular formula is C19H19NO2S. The first-order valence-electron chi connectivity index (χ1n) is 7.61. The molecule has 23 heavy (non-hydrogen) atoms. The molecule has 3 rings (SSSR count). The highest BCUT2D eigenvalue weighted by Crippen LogP contribution is 2.27. The van der Waals surface area contributed by atoms with Gasteiger partial charge in [0.2, 0.25) is 0 Å². The van der Waals surface area contributed by atoms with Crippen molar-refractivity contribution in [1.82, 2.24) is 3.97 Å². The van der Waals surface area contributed by atoms with Crippen LogP contribution in [0.5, 0.6) is 0 Å². The van der Waals surface area contributed by atoms with Crippen molar-refractivity contribution in [3.63, 3.8) is 0 Å². The third-order valence-electron chi connectivity index (χ3n) is 3.78. The Bertz CT molecular complexity index is 885. The van der Waals surface area contributed by atoms with E-state index in [9.17, 15) is 8.42 Å². The summed E-state index contributed by atoms with van der Waals surface area (Å²) in [6, 6.07) is 10.1. The Morgan fingerprint density at radius 3 is 2.61 bits per heavy atom. The van der Waals surface area contributed by atoms with E-state index in [1.165, 1.54) is 9.38 Å². The van der Waals surface area contributed by atoms with E-state index in [0.29, 0.717) is 6.42 Å². The van der Waals surface area contributed by atoms with Gasteiger partial charge in [0.1, 0.15) is 0 Å². The second-order valence-corrected chi connectivity index (χ2v) is 7.16. The number of aromatic nitrogens is 1. The molecule has 0 bridgehead atoms. The molecule has 1 aromatic carbocycles. The molecule has 0 unspecified atom stereocenters. The van der Waals surface area contributed by atoms with Gasteiger partial charge in [-0.3, -0.25) is 0 Å². The fraction of sp³-hybridized carbons (Fsp3) is 0.158. The average molecular weight is 325 g/mol. The summed E-state index contributed by atoms with van der Waals surface area (Å²) in [7, 11) is -3.49. The van der Waals surface area contributed by atoms with Crippen LogP contribution in [-0.4, -0.2) is 12.4 Å². The molecule has 0 saturated heterocycles. The fourth-order valence-corrected chi connectivity index (χ4v) is 3.95. The van der Waals surface area contributed by atoms with Gasteiger partial charge >= 0.3 is 0 Å². The van der Waals surface area contributed by atoms with Gasteiger partial charge < -0.3 is 0 Å². The van der Waals surface area contributed by atoms with Crippen molar-refractivity contribution < 1.29 is 8.42 Å². The monoisotopic (exact) mass is 325 g/mol. The third-order valence-corrected chi connectivity index (χ3v) is 5.25. The van der Waals surface area contributed by atoms with E-state index in [1.807, 2.05) is 36.4 Å². The fourth-order valence-electron chi connectivity index (χ4n) is 2.77. The molecule has 0 fully saturated rings. The molecule has 2 aromatic rings. The van der Waals surface area contributed by atoms with Crippen LogP contribution in [0.4, 0.5) is 0 Å². The van der Waals surface area contributed by atoms with Gasteiger partial charge in [0.15, 0.2) is 0 Å². The van der Waals surface area contributed by atoms with E-state index < -0.39 is 10.0 Å². The number of rotatable bonds is 4. The predicted octanol–water partition coefficient (Wildman–Crippen LogP) is 4.22. The highest BCUT2D eigenvalue weighted by molar-refractivity contribution is 7.92. The quantitative estimate of drug-likeness (QED) is 0.844. The number of fused-ring (bicyclic) bond motifs is 1. The second kappa shape index (κ2) is 6.42. The van der Waals surface area contributed by atoms with Gasteiger partial charge in [-0.1, -0.05) is 54.6 Å². The SMILES string of the molecule is C/C=C/S(=O)(=O)n1cc(Cc2ccccc2)c2c1C=CCC=C2. The van der Waals surface area contributed by atoms with Gasteiger partial charge in [0, 0.05) is 17.2 Å². The molecule has 0 aliphatic heterocycles. The minimum absolute atomic E-state index is 0.708. The van der Waals surface area contributed by atoms with Crippen LogP contribution >= 0.6 is 0 Å². The summed E-state index contributed by atoms with van der Waals surface area (Å²) in [5.41, 5.74) is 3.89. The lowest BCUT2D eigenvalue weighted by atomic mass is 10.0. The van der Waals surface area contributed by atoms with E-state index in [4.69, 9.17) is 0 Å². The topological polar surface area (TPSA) is 39.1 Å². The van der Waals surface area contributed by atoms with Crippen molar-refractivity contribution in [3.05, 3.63) is 82.5 Å². The van der Waals surface area contributed by atoms with Gasteiger partial charge in [-0.25, -0.2) is 12.4 Å². The Hall–Kier alpha value is -2.33. The van der Waals surface area contributed by atoms with Crippen LogP contribution in [-0.2, 0) is 16.4 Å². The summed E-state index contributed by atoms with van der Waals surface area (Å²) < 4.78 is 26.4. The van der Waals surface area contributed by atoms with Crippen molar-refractivity contribution >= 4 is 22.2 Å². The average Bonchev–Trinajstić information content (AvgIpc) is 2.72. The summed E-state index contributed by atoms with van der Waals surface area (Å²) in [5.74, 6) is 0. The van der Waals surface area contributed by atoms with Gasteiger partial charge in [-0.15, -0.1) is 0 Å². The number of hydrogen-bond donors (Lipinski definition) is 0. The van der Waals surface area contributed by atoms with Gasteiger partial charge in [-0.2, -0.15) is 0 Å². The lowest BCUT2D eigenvalue weighted by molar-refractivity contribution is 0.596. The van der Waals surface area contributed by atoms with E-state index >= 15 is 0 Å². The summed E-state index contributed by atoms with van der Waals surface area (Å²) in [6.45, 7) is 1.71. The lowest BCUT2D eigenvalue weighted by Gasteiger charge is -2.04. The summed E-state index contributed by atoms with van der Waals surface area (Å²) in [6.07, 6.45) is 12.8. The Morgan fingerprint density at radius 2 is 1.87 bits per heavy atom. The molecule has 0 radical (unpaired) electrons. The van der Waals surface area contributed by atoms with Crippen LogP contribution in [0.15, 0.2) is 60.2 Å². The molecule has 1 aliphatic rings. The van der Waals surface area contributed by atoms with Crippen LogP contribution in [0, 0.1) is 0 Å². The van der Waals surface area contributed by atoms with Crippen LogP contribution in [0.2, 0.25) is 0 Å². The molecule has 1 aromatic heterocycles. The smallest absolute Gasteiger partial charge is 0.241 e. The Balaban J connectivity index is 2.15. The van der Waals surface area contributed by atoms with Gasteiger partial charge in [0.05, 0.1) is 5.69 Å². The van der Waals surface area contributed by atoms with Crippen molar-refractivity contribution in [2.24, 2.45) is 0 Å². The van der Waals surface area contributed by atoms with Gasteiger partial charge in [0.25, 0.3) is 10.0 Å². The van der Waals surface area contributed by atoms with E-state index in [0.717, 1.165) is 28.8 Å². The zero-order valence-electron chi connectivity index (χ0n) is 13.0. The minimum Gasteiger partial charge on any atom is -0.241 e. The van der Waals surface area contributed by atoms with Gasteiger partial charge in [-0.05, 0) is 37.0 Å². The largest absolute Gasteiger partial charge is 0.260 e. The lowest BCUT2D eigenvalue weighted by Crippen LogP contribution is -2.09. The molecule has 1 heterocycles. The maximum Gasteiger partial charge on any atom is 0.260 e. The Kier molecular flexibility index (Phi) is 4.35. The Morgan fingerprint density at radius 1 is 1.13 bits per heavy atom. The standard InChI is InChI=1S/C19H19NO2S/c1-2-13-23(21,22)20-15-17(14-16-9-5-3-6-10-16)18-11-7-4-8-12-19(18)20/h2-3,5-13,15H,4,14H2,1H3/b13-2+. The molecule has 0 saturated carbocycles. The number of benzene rings is 1. The molecular weight excluding hydrogens is 306 g/mol. The Labute approximate surface area is 137 Å². The summed E-state index contributed by atoms with van der Waals surface area (Å²) in [4.78, 5) is 0. The maximum atomic E-state index is 12.5. The van der Waals surface area contributed by atoms with E-state index in [1.54, 1.807) is 19.2 Å². The van der Waals surface area contributed by atoms with Crippen molar-refractivity contribution in [2.75, 3.05) is 0 Å². The second-order valence-electron chi connectivity index (χ2n) is 5.47. The molecule has 0 atom stereocenters. The van der Waals surface area contributed by atoms with Crippen LogP contribution in [0.25, 0.3) is 12.2 Å². The van der Waals surface area contributed by atoms with Crippen LogP contribution in [0.3, 0.4) is 0 Å². The van der Waals surface area contributed by atoms with Crippen molar-refractivity contribution in [3.8, 4) is 0 Å². The van der Waals surface area contributed by atoms with Crippen molar-refractivity contribution in [2.45, 2.75) is 19.8 Å². The molecule has 0 spiro atoms. The van der Waals surface area contributed by atoms with Crippen LogP contribution in [0.1, 0.15) is 35.7 Å². The predicted molar refractivity (Wildman–Crippen MR) is 95.5 cm³/mol. The van der Waals surface area contributed by atoms with E-state index in [-0.39, 0.29) is 0 Å². The summed E-state index contributed by atoms with van der Waals surface area (Å²) >= 11 is 0. The molecule has 118 valence electrons. The number of hydrogen-bond acceptors (Lipinski definition) is 2. The number of allylic oxidation sites excluding steroid dienone is 3. The van der Waals surface area contributed by atoms with Crippen molar-refractivity contribution in [1.29, 1.82) is 0 Å². The zero-order chi connectivity index (χ0) is 16.3. The molecule has 3 nitrogen and oxygen atoms in total. The first-order chi connectivity index (χ1) is 11.1. The first-order valence-corrected chi connectivity index (χ1v) is 9.11. The minimum atomic E-state index is -3.49. The molecule has 4 heteroatoms. The molecule has 1 aliphatic carbocycles. The zero-order valence-corrected chi connectivity index (χ0v) is 13.8. The van der Waals surface area contributed by atoms with E-state index in [2.05, 4.69) is 18.2 Å². The highest BCUT2D eigenvalue weighted by atomic mass is 32.2. The maximum absolute atomic E-state index is 12.5. The van der Waals surface area contributed by atoms with Crippen LogP contribution < -0.4 is 0 Å². The number of nitrogens with zero attached hydrogens (tertiary/aromatic N) is 1. The normalized spacial score (nSPS) is 14.1. The molecule has 0 amide bonds. The third kappa shape index (κ3) is 3.22. The highest BCUT2D eigenvalue weighted by Gasteiger charge is 2.19. The summed E-state index contributed by atoms with van der Waals surface area (Å²) in [5, 5.41) is 1.24. The first kappa shape index (κ1) is 15.6.